The monoisotopic (exact) mass is 290 g/mol. The maximum atomic E-state index is 11.6. The maximum Gasteiger partial charge on any atom is 0.274 e. The van der Waals surface area contributed by atoms with E-state index in [1.807, 2.05) is 0 Å². The highest BCUT2D eigenvalue weighted by Crippen LogP contribution is 2.28. The van der Waals surface area contributed by atoms with Crippen molar-refractivity contribution in [2.45, 2.75) is 24.6 Å². The Kier molecular flexibility index (Phi) is 3.56. The van der Waals surface area contributed by atoms with Crippen LogP contribution in [0.4, 0.5) is 5.69 Å². The van der Waals surface area contributed by atoms with Crippen LogP contribution in [0.3, 0.4) is 0 Å². The Bertz CT molecular complexity index is 584. The molecule has 0 aromatic heterocycles. The minimum absolute atomic E-state index is 0.115. The Morgan fingerprint density at radius 3 is 2.67 bits per heavy atom. The van der Waals surface area contributed by atoms with Crippen molar-refractivity contribution < 1.29 is 13.3 Å². The first-order valence-electron chi connectivity index (χ1n) is 5.31. The Morgan fingerprint density at radius 2 is 2.11 bits per heavy atom. The third kappa shape index (κ3) is 2.98. The number of hydrogen-bond acceptors (Lipinski definition) is 4. The van der Waals surface area contributed by atoms with E-state index in [1.165, 1.54) is 18.2 Å². The summed E-state index contributed by atoms with van der Waals surface area (Å²) in [5, 5.41) is 10.8. The molecule has 0 radical (unpaired) electrons. The summed E-state index contributed by atoms with van der Waals surface area (Å²) in [5.74, 6) is 0. The molecule has 1 aromatic rings. The summed E-state index contributed by atoms with van der Waals surface area (Å²) in [6.45, 7) is -0.115. The molecule has 8 heteroatoms. The van der Waals surface area contributed by atoms with Gasteiger partial charge in [0.05, 0.1) is 10.2 Å². The first-order chi connectivity index (χ1) is 8.40. The molecule has 18 heavy (non-hydrogen) atoms. The van der Waals surface area contributed by atoms with Crippen molar-refractivity contribution in [3.63, 3.8) is 0 Å². The lowest BCUT2D eigenvalue weighted by atomic mass is 10.2. The molecule has 0 atom stereocenters. The molecule has 2 rings (SSSR count). The van der Waals surface area contributed by atoms with Gasteiger partial charge in [-0.25, -0.2) is 13.1 Å². The number of halogens is 1. The lowest BCUT2D eigenvalue weighted by Gasteiger charge is -2.06. The normalized spacial score (nSPS) is 15.6. The van der Waals surface area contributed by atoms with Gasteiger partial charge in [-0.1, -0.05) is 11.6 Å². The highest BCUT2D eigenvalue weighted by molar-refractivity contribution is 7.90. The standard InChI is InChI=1S/C10H11ClN2O4S/c11-8-1-4-10(13(14)15)7(5-8)6-12-18(16,17)9-2-3-9/h1,4-5,9,12H,2-3,6H2. The fourth-order valence-electron chi connectivity index (χ4n) is 1.55. The number of nitrogens with one attached hydrogen (secondary N) is 1. The minimum atomic E-state index is -3.36. The van der Waals surface area contributed by atoms with E-state index in [0.717, 1.165) is 0 Å². The number of rotatable bonds is 5. The Balaban J connectivity index is 2.17. The van der Waals surface area contributed by atoms with E-state index < -0.39 is 14.9 Å². The number of nitro benzene ring substituents is 1. The van der Waals surface area contributed by atoms with Crippen LogP contribution < -0.4 is 4.72 Å². The molecule has 1 fully saturated rings. The maximum absolute atomic E-state index is 11.6. The number of nitro groups is 1. The Morgan fingerprint density at radius 1 is 1.44 bits per heavy atom. The molecule has 0 aliphatic heterocycles. The molecule has 1 N–H and O–H groups in total. The highest BCUT2D eigenvalue weighted by atomic mass is 35.5. The molecular weight excluding hydrogens is 280 g/mol. The van der Waals surface area contributed by atoms with Gasteiger partial charge < -0.3 is 0 Å². The van der Waals surface area contributed by atoms with E-state index >= 15 is 0 Å². The predicted molar refractivity (Wildman–Crippen MR) is 66.9 cm³/mol. The summed E-state index contributed by atoms with van der Waals surface area (Å²) < 4.78 is 25.6. The molecule has 1 aliphatic rings. The van der Waals surface area contributed by atoms with Crippen LogP contribution in [0.15, 0.2) is 18.2 Å². The number of hydrogen-bond donors (Lipinski definition) is 1. The van der Waals surface area contributed by atoms with Crippen LogP contribution in [-0.4, -0.2) is 18.6 Å². The first-order valence-corrected chi connectivity index (χ1v) is 7.24. The smallest absolute Gasteiger partial charge is 0.258 e. The SMILES string of the molecule is O=[N+]([O-])c1ccc(Cl)cc1CNS(=O)(=O)C1CC1. The molecule has 98 valence electrons. The van der Waals surface area contributed by atoms with Crippen molar-refractivity contribution in [2.75, 3.05) is 0 Å². The molecule has 1 saturated carbocycles. The van der Waals surface area contributed by atoms with Gasteiger partial charge in [-0.15, -0.1) is 0 Å². The second-order valence-electron chi connectivity index (χ2n) is 4.10. The van der Waals surface area contributed by atoms with Crippen LogP contribution >= 0.6 is 11.6 Å². The number of sulfonamides is 1. The number of benzene rings is 1. The third-order valence-electron chi connectivity index (χ3n) is 2.67. The van der Waals surface area contributed by atoms with Crippen molar-refractivity contribution in [2.24, 2.45) is 0 Å². The average molecular weight is 291 g/mol. The molecule has 0 bridgehead atoms. The second-order valence-corrected chi connectivity index (χ2v) is 6.58. The van der Waals surface area contributed by atoms with Gasteiger partial charge in [0.2, 0.25) is 10.0 Å². The molecule has 6 nitrogen and oxygen atoms in total. The topological polar surface area (TPSA) is 89.3 Å². The van der Waals surface area contributed by atoms with E-state index in [1.54, 1.807) is 0 Å². The quantitative estimate of drug-likeness (QED) is 0.662. The van der Waals surface area contributed by atoms with Gasteiger partial charge in [-0.3, -0.25) is 10.1 Å². The van der Waals surface area contributed by atoms with Gasteiger partial charge in [0.1, 0.15) is 0 Å². The van der Waals surface area contributed by atoms with E-state index in [0.29, 0.717) is 17.9 Å². The second kappa shape index (κ2) is 4.83. The number of nitrogens with zero attached hydrogens (tertiary/aromatic N) is 1. The fraction of sp³-hybridized carbons (Fsp3) is 0.400. The zero-order valence-electron chi connectivity index (χ0n) is 9.30. The van der Waals surface area contributed by atoms with Gasteiger partial charge in [0.25, 0.3) is 5.69 Å². The molecule has 1 aliphatic carbocycles. The van der Waals surface area contributed by atoms with Crippen LogP contribution in [0, 0.1) is 10.1 Å². The summed E-state index contributed by atoms with van der Waals surface area (Å²) in [4.78, 5) is 10.2. The third-order valence-corrected chi connectivity index (χ3v) is 4.80. The van der Waals surface area contributed by atoms with Gasteiger partial charge in [0, 0.05) is 23.2 Å². The van der Waals surface area contributed by atoms with Crippen LogP contribution in [-0.2, 0) is 16.6 Å². The van der Waals surface area contributed by atoms with Crippen LogP contribution in [0.1, 0.15) is 18.4 Å². The Hall–Kier alpha value is -1.18. The predicted octanol–water partition coefficient (Wildman–Crippen LogP) is 1.83. The van der Waals surface area contributed by atoms with Gasteiger partial charge in [0.15, 0.2) is 0 Å². The molecule has 0 heterocycles. The first kappa shape index (κ1) is 13.3. The molecule has 0 spiro atoms. The molecule has 0 saturated heterocycles. The van der Waals surface area contributed by atoms with Crippen molar-refractivity contribution in [1.82, 2.24) is 4.72 Å². The average Bonchev–Trinajstić information content (AvgIpc) is 3.10. The molecular formula is C10H11ClN2O4S. The van der Waals surface area contributed by atoms with Crippen LogP contribution in [0.2, 0.25) is 5.02 Å². The molecule has 0 unspecified atom stereocenters. The lowest BCUT2D eigenvalue weighted by molar-refractivity contribution is -0.385. The van der Waals surface area contributed by atoms with Crippen molar-refractivity contribution in [3.05, 3.63) is 38.9 Å². The summed E-state index contributed by atoms with van der Waals surface area (Å²) >= 11 is 5.75. The largest absolute Gasteiger partial charge is 0.274 e. The van der Waals surface area contributed by atoms with Gasteiger partial charge >= 0.3 is 0 Å². The molecule has 0 amide bonds. The van der Waals surface area contributed by atoms with Crippen LogP contribution in [0.25, 0.3) is 0 Å². The van der Waals surface area contributed by atoms with E-state index in [4.69, 9.17) is 11.6 Å². The molecule has 1 aromatic carbocycles. The lowest BCUT2D eigenvalue weighted by Crippen LogP contribution is -2.27. The summed E-state index contributed by atoms with van der Waals surface area (Å²) in [6, 6.07) is 4.07. The minimum Gasteiger partial charge on any atom is -0.258 e. The van der Waals surface area contributed by atoms with Crippen molar-refractivity contribution in [1.29, 1.82) is 0 Å². The van der Waals surface area contributed by atoms with Crippen LogP contribution in [0.5, 0.6) is 0 Å². The van der Waals surface area contributed by atoms with Gasteiger partial charge in [-0.2, -0.15) is 0 Å². The Labute approximate surface area is 109 Å². The van der Waals surface area contributed by atoms with E-state index in [9.17, 15) is 18.5 Å². The van der Waals surface area contributed by atoms with E-state index in [2.05, 4.69) is 4.72 Å². The van der Waals surface area contributed by atoms with Crippen molar-refractivity contribution in [3.8, 4) is 0 Å². The fourth-order valence-corrected chi connectivity index (χ4v) is 3.09. The van der Waals surface area contributed by atoms with Gasteiger partial charge in [-0.05, 0) is 25.0 Å². The summed E-state index contributed by atoms with van der Waals surface area (Å²) in [7, 11) is -3.36. The summed E-state index contributed by atoms with van der Waals surface area (Å²) in [5.41, 5.74) is 0.120. The van der Waals surface area contributed by atoms with Crippen molar-refractivity contribution >= 4 is 27.3 Å². The highest BCUT2D eigenvalue weighted by Gasteiger charge is 2.35. The summed E-state index contributed by atoms with van der Waals surface area (Å²) in [6.07, 6.45) is 1.29. The van der Waals surface area contributed by atoms with E-state index in [-0.39, 0.29) is 23.0 Å². The zero-order valence-corrected chi connectivity index (χ0v) is 10.9. The zero-order chi connectivity index (χ0) is 13.3.